The van der Waals surface area contributed by atoms with Crippen LogP contribution in [-0.2, 0) is 27.6 Å². The zero-order chi connectivity index (χ0) is 22.2. The number of aliphatic hydroxyl groups is 1. The number of benzene rings is 2. The van der Waals surface area contributed by atoms with Crippen molar-refractivity contribution in [1.82, 2.24) is 5.32 Å². The molecule has 1 amide bonds. The molecular formula is C22H26N2O6S. The Morgan fingerprint density at radius 2 is 2.00 bits per heavy atom. The fourth-order valence-electron chi connectivity index (χ4n) is 4.10. The number of fused-ring (bicyclic) bond motifs is 1. The first-order valence-corrected chi connectivity index (χ1v) is 11.7. The van der Waals surface area contributed by atoms with Crippen LogP contribution >= 0.6 is 0 Å². The van der Waals surface area contributed by atoms with Crippen molar-refractivity contribution < 1.29 is 27.8 Å². The average Bonchev–Trinajstić information content (AvgIpc) is 3.22. The maximum absolute atomic E-state index is 13.1. The van der Waals surface area contributed by atoms with E-state index in [1.807, 2.05) is 13.0 Å². The van der Waals surface area contributed by atoms with Crippen LogP contribution in [0.25, 0.3) is 0 Å². The van der Waals surface area contributed by atoms with Crippen LogP contribution in [0.4, 0.5) is 0 Å². The summed E-state index contributed by atoms with van der Waals surface area (Å²) in [7, 11) is -3.74. The summed E-state index contributed by atoms with van der Waals surface area (Å²) in [6.45, 7) is 3.21. The Morgan fingerprint density at radius 1 is 1.26 bits per heavy atom. The van der Waals surface area contributed by atoms with Gasteiger partial charge in [0.2, 0.25) is 10.0 Å². The van der Waals surface area contributed by atoms with E-state index in [-0.39, 0.29) is 23.5 Å². The van der Waals surface area contributed by atoms with E-state index in [2.05, 4.69) is 5.32 Å². The van der Waals surface area contributed by atoms with E-state index in [9.17, 15) is 18.3 Å². The van der Waals surface area contributed by atoms with Crippen LogP contribution in [0.3, 0.4) is 0 Å². The number of hydrogen-bond acceptors (Lipinski definition) is 6. The van der Waals surface area contributed by atoms with E-state index < -0.39 is 16.1 Å². The zero-order valence-corrected chi connectivity index (χ0v) is 18.1. The molecule has 4 N–H and O–H groups in total. The van der Waals surface area contributed by atoms with Gasteiger partial charge in [-0.25, -0.2) is 13.6 Å². The Bertz CT molecular complexity index is 1100. The van der Waals surface area contributed by atoms with Crippen molar-refractivity contribution in [3.05, 3.63) is 58.1 Å². The highest BCUT2D eigenvalue weighted by molar-refractivity contribution is 7.89. The summed E-state index contributed by atoms with van der Waals surface area (Å²) in [6.07, 6.45) is 1.06. The molecule has 2 aliphatic rings. The van der Waals surface area contributed by atoms with Crippen molar-refractivity contribution in [2.45, 2.75) is 43.2 Å². The van der Waals surface area contributed by atoms with Crippen LogP contribution < -0.4 is 15.2 Å². The number of ether oxygens (including phenoxy) is 2. The number of nitrogens with two attached hydrogens (primary N) is 1. The molecule has 2 atom stereocenters. The predicted molar refractivity (Wildman–Crippen MR) is 114 cm³/mol. The maximum Gasteiger partial charge on any atom is 0.255 e. The van der Waals surface area contributed by atoms with Crippen molar-refractivity contribution in [3.8, 4) is 5.75 Å². The van der Waals surface area contributed by atoms with Gasteiger partial charge in [-0.2, -0.15) is 0 Å². The molecule has 0 radical (unpaired) electrons. The highest BCUT2D eigenvalue weighted by Crippen LogP contribution is 2.35. The van der Waals surface area contributed by atoms with Gasteiger partial charge in [-0.3, -0.25) is 4.79 Å². The van der Waals surface area contributed by atoms with Crippen molar-refractivity contribution in [2.24, 2.45) is 5.14 Å². The van der Waals surface area contributed by atoms with E-state index in [1.54, 1.807) is 12.1 Å². The van der Waals surface area contributed by atoms with Crippen LogP contribution in [0.5, 0.6) is 5.75 Å². The van der Waals surface area contributed by atoms with Crippen molar-refractivity contribution >= 4 is 15.9 Å². The van der Waals surface area contributed by atoms with E-state index in [4.69, 9.17) is 14.6 Å². The Balaban J connectivity index is 1.62. The number of primary sulfonamides is 1. The van der Waals surface area contributed by atoms with Gasteiger partial charge in [0.1, 0.15) is 5.75 Å². The predicted octanol–water partition coefficient (Wildman–Crippen LogP) is 1.05. The molecule has 0 aliphatic carbocycles. The molecular weight excluding hydrogens is 420 g/mol. The largest absolute Gasteiger partial charge is 0.492 e. The quantitative estimate of drug-likeness (QED) is 0.630. The standard InChI is InChI=1S/C22H26N2O6S/c1-13-15(10-14-2-4-16(5-3-14)31(23,27)28)11-18(21-17(13)6-9-30-21)22(26)24-19-7-8-29-12-20(19)25/h2-5,11,19-20,25H,6-10,12H2,1H3,(H,24,26)(H2,23,27,28)/t19-,20-/m0/s1. The third kappa shape index (κ3) is 4.59. The molecule has 0 unspecified atom stereocenters. The lowest BCUT2D eigenvalue weighted by Gasteiger charge is -2.28. The molecule has 1 fully saturated rings. The second kappa shape index (κ2) is 8.58. The number of aliphatic hydroxyl groups excluding tert-OH is 1. The molecule has 0 bridgehead atoms. The van der Waals surface area contributed by atoms with Crippen molar-refractivity contribution in [3.63, 3.8) is 0 Å². The van der Waals surface area contributed by atoms with E-state index in [1.165, 1.54) is 12.1 Å². The number of carbonyl (C=O) groups excluding carboxylic acids is 1. The number of sulfonamides is 1. The summed E-state index contributed by atoms with van der Waals surface area (Å²) in [6, 6.07) is 7.87. The van der Waals surface area contributed by atoms with E-state index in [0.29, 0.717) is 37.4 Å². The smallest absolute Gasteiger partial charge is 0.255 e. The lowest BCUT2D eigenvalue weighted by molar-refractivity contribution is -0.0261. The van der Waals surface area contributed by atoms with E-state index in [0.717, 1.165) is 28.7 Å². The van der Waals surface area contributed by atoms with Gasteiger partial charge in [0.05, 0.1) is 35.8 Å². The SMILES string of the molecule is Cc1c(Cc2ccc(S(N)(=O)=O)cc2)cc(C(=O)N[C@H]2CCOC[C@@H]2O)c2c1CCO2. The third-order valence-corrected chi connectivity index (χ3v) is 6.83. The Kier molecular flexibility index (Phi) is 6.02. The zero-order valence-electron chi connectivity index (χ0n) is 17.3. The van der Waals surface area contributed by atoms with Gasteiger partial charge in [0.15, 0.2) is 0 Å². The van der Waals surface area contributed by atoms with Gasteiger partial charge < -0.3 is 19.9 Å². The van der Waals surface area contributed by atoms with Crippen molar-refractivity contribution in [1.29, 1.82) is 0 Å². The first-order valence-electron chi connectivity index (χ1n) is 10.2. The third-order valence-electron chi connectivity index (χ3n) is 5.90. The minimum atomic E-state index is -3.74. The summed E-state index contributed by atoms with van der Waals surface area (Å²) in [5.74, 6) is 0.319. The molecule has 4 rings (SSSR count). The number of carbonyl (C=O) groups is 1. The minimum Gasteiger partial charge on any atom is -0.492 e. The number of rotatable bonds is 5. The van der Waals surface area contributed by atoms with Gasteiger partial charge >= 0.3 is 0 Å². The second-order valence-corrected chi connectivity index (χ2v) is 9.55. The topological polar surface area (TPSA) is 128 Å². The molecule has 0 saturated carbocycles. The molecule has 2 heterocycles. The lowest BCUT2D eigenvalue weighted by Crippen LogP contribution is -2.48. The average molecular weight is 447 g/mol. The highest BCUT2D eigenvalue weighted by Gasteiger charge is 2.29. The molecule has 31 heavy (non-hydrogen) atoms. The van der Waals surface area contributed by atoms with Crippen LogP contribution in [0, 0.1) is 6.92 Å². The highest BCUT2D eigenvalue weighted by atomic mass is 32.2. The maximum atomic E-state index is 13.1. The molecule has 9 heteroatoms. The van der Waals surface area contributed by atoms with Gasteiger partial charge in [-0.05, 0) is 54.7 Å². The number of nitrogens with one attached hydrogen (secondary N) is 1. The fourth-order valence-corrected chi connectivity index (χ4v) is 4.62. The van der Waals surface area contributed by atoms with Gasteiger partial charge in [0, 0.05) is 18.6 Å². The Morgan fingerprint density at radius 3 is 2.68 bits per heavy atom. The van der Waals surface area contributed by atoms with Crippen LogP contribution in [0.15, 0.2) is 35.2 Å². The second-order valence-electron chi connectivity index (χ2n) is 7.99. The molecule has 0 spiro atoms. The number of hydrogen-bond donors (Lipinski definition) is 3. The molecule has 2 aromatic carbocycles. The summed E-state index contributed by atoms with van der Waals surface area (Å²) in [5.41, 5.74) is 4.39. The number of amides is 1. The molecule has 1 saturated heterocycles. The van der Waals surface area contributed by atoms with Gasteiger partial charge in [-0.1, -0.05) is 12.1 Å². The fraction of sp³-hybridized carbons (Fsp3) is 0.409. The summed E-state index contributed by atoms with van der Waals surface area (Å²) >= 11 is 0. The summed E-state index contributed by atoms with van der Waals surface area (Å²) < 4.78 is 34.0. The van der Waals surface area contributed by atoms with Crippen LogP contribution in [0.2, 0.25) is 0 Å². The van der Waals surface area contributed by atoms with Crippen LogP contribution in [0.1, 0.15) is 39.0 Å². The Labute approximate surface area is 181 Å². The first kappa shape index (κ1) is 21.8. The molecule has 2 aliphatic heterocycles. The lowest BCUT2D eigenvalue weighted by atomic mass is 9.92. The molecule has 166 valence electrons. The summed E-state index contributed by atoms with van der Waals surface area (Å²) in [5, 5.41) is 18.2. The molecule has 0 aromatic heterocycles. The van der Waals surface area contributed by atoms with E-state index >= 15 is 0 Å². The monoisotopic (exact) mass is 446 g/mol. The first-order chi connectivity index (χ1) is 14.7. The molecule has 8 nitrogen and oxygen atoms in total. The Hall–Kier alpha value is -2.46. The summed E-state index contributed by atoms with van der Waals surface area (Å²) in [4.78, 5) is 13.1. The van der Waals surface area contributed by atoms with Crippen molar-refractivity contribution in [2.75, 3.05) is 19.8 Å². The van der Waals surface area contributed by atoms with Gasteiger partial charge in [-0.15, -0.1) is 0 Å². The van der Waals surface area contributed by atoms with Gasteiger partial charge in [0.25, 0.3) is 5.91 Å². The molecule has 2 aromatic rings. The minimum absolute atomic E-state index is 0.0606. The van der Waals surface area contributed by atoms with Crippen LogP contribution in [-0.4, -0.2) is 51.4 Å². The normalized spacial score (nSPS) is 20.7.